The molecule has 0 spiro atoms. The number of hydrogen-bond donors (Lipinski definition) is 3. The molecule has 6 nitrogen and oxygen atoms in total. The van der Waals surface area contributed by atoms with E-state index in [4.69, 9.17) is 10.5 Å². The number of anilines is 1. The number of carbonyl (C=O) groups excluding carboxylic acids is 1. The number of carbonyl (C=O) groups is 1. The first-order valence-corrected chi connectivity index (χ1v) is 7.18. The maximum absolute atomic E-state index is 11.6. The van der Waals surface area contributed by atoms with E-state index < -0.39 is 6.10 Å². The Hall–Kier alpha value is -1.79. The zero-order valence-electron chi connectivity index (χ0n) is 12.3. The molecular weight excluding hydrogens is 270 g/mol. The fraction of sp³-hybridized carbons (Fsp3) is 0.533. The van der Waals surface area contributed by atoms with Gasteiger partial charge in [0.05, 0.1) is 12.2 Å². The number of nitrogens with zero attached hydrogens (tertiary/aromatic N) is 1. The summed E-state index contributed by atoms with van der Waals surface area (Å²) in [5.74, 6) is 0.561. The zero-order valence-corrected chi connectivity index (χ0v) is 12.3. The molecule has 4 N–H and O–H groups in total. The number of nitrogens with one attached hydrogen (secondary N) is 1. The van der Waals surface area contributed by atoms with Crippen LogP contribution in [0.15, 0.2) is 24.3 Å². The van der Waals surface area contributed by atoms with Crippen molar-refractivity contribution in [2.24, 2.45) is 0 Å². The Labute approximate surface area is 124 Å². The molecule has 0 radical (unpaired) electrons. The van der Waals surface area contributed by atoms with E-state index >= 15 is 0 Å². The van der Waals surface area contributed by atoms with Gasteiger partial charge in [-0.25, -0.2) is 0 Å². The van der Waals surface area contributed by atoms with E-state index in [0.717, 1.165) is 12.8 Å². The molecule has 1 atom stereocenters. The van der Waals surface area contributed by atoms with Crippen molar-refractivity contribution in [1.29, 1.82) is 0 Å². The lowest BCUT2D eigenvalue weighted by Gasteiger charge is -2.20. The molecule has 1 aliphatic carbocycles. The van der Waals surface area contributed by atoms with Gasteiger partial charge in [0.25, 0.3) is 0 Å². The van der Waals surface area contributed by atoms with Crippen LogP contribution in [0.1, 0.15) is 12.8 Å². The number of likely N-dealkylation sites (N-methyl/N-ethyl adjacent to an activating group) is 1. The third-order valence-corrected chi connectivity index (χ3v) is 3.23. The zero-order chi connectivity index (χ0) is 15.2. The summed E-state index contributed by atoms with van der Waals surface area (Å²) in [7, 11) is 1.80. The number of hydrogen-bond acceptors (Lipinski definition) is 5. The van der Waals surface area contributed by atoms with Crippen molar-refractivity contribution in [3.8, 4) is 5.75 Å². The molecule has 0 saturated heterocycles. The lowest BCUT2D eigenvalue weighted by atomic mass is 10.3. The van der Waals surface area contributed by atoms with Gasteiger partial charge in [-0.2, -0.15) is 0 Å². The second-order valence-corrected chi connectivity index (χ2v) is 5.54. The topological polar surface area (TPSA) is 87.8 Å². The van der Waals surface area contributed by atoms with Crippen molar-refractivity contribution >= 4 is 11.6 Å². The van der Waals surface area contributed by atoms with E-state index in [-0.39, 0.29) is 19.1 Å². The maximum atomic E-state index is 11.6. The maximum Gasteiger partial charge on any atom is 0.234 e. The largest absolute Gasteiger partial charge is 0.489 e. The highest BCUT2D eigenvalue weighted by molar-refractivity contribution is 5.78. The SMILES string of the molecule is CN(CC(=O)NC1CC1)CC(O)COc1ccccc1N. The van der Waals surface area contributed by atoms with Gasteiger partial charge >= 0.3 is 0 Å². The van der Waals surface area contributed by atoms with Gasteiger partial charge in [-0.05, 0) is 32.0 Å². The number of rotatable bonds is 8. The number of aliphatic hydroxyl groups is 1. The van der Waals surface area contributed by atoms with Crippen LogP contribution in [0.2, 0.25) is 0 Å². The quantitative estimate of drug-likeness (QED) is 0.597. The Kier molecular flexibility index (Phi) is 5.41. The average Bonchev–Trinajstić information content (AvgIpc) is 3.21. The molecule has 0 aromatic heterocycles. The molecule has 1 saturated carbocycles. The summed E-state index contributed by atoms with van der Waals surface area (Å²) in [5.41, 5.74) is 6.30. The molecular formula is C15H23N3O3. The predicted molar refractivity (Wildman–Crippen MR) is 81.0 cm³/mol. The smallest absolute Gasteiger partial charge is 0.234 e. The molecule has 116 valence electrons. The summed E-state index contributed by atoms with van der Waals surface area (Å²) in [5, 5.41) is 12.9. The Morgan fingerprint density at radius 1 is 1.52 bits per heavy atom. The molecule has 6 heteroatoms. The molecule has 2 rings (SSSR count). The molecule has 1 aromatic rings. The van der Waals surface area contributed by atoms with Crippen LogP contribution in [0.4, 0.5) is 5.69 Å². The molecule has 1 unspecified atom stereocenters. The lowest BCUT2D eigenvalue weighted by molar-refractivity contribution is -0.122. The van der Waals surface area contributed by atoms with Crippen LogP contribution in [-0.4, -0.2) is 54.8 Å². The van der Waals surface area contributed by atoms with E-state index in [1.807, 2.05) is 12.1 Å². The van der Waals surface area contributed by atoms with Crippen LogP contribution in [0, 0.1) is 0 Å². The van der Waals surface area contributed by atoms with Crippen LogP contribution >= 0.6 is 0 Å². The van der Waals surface area contributed by atoms with Gasteiger partial charge in [0.15, 0.2) is 0 Å². The molecule has 1 aliphatic rings. The Balaban J connectivity index is 1.67. The number of amides is 1. The molecule has 0 bridgehead atoms. The molecule has 0 aliphatic heterocycles. The highest BCUT2D eigenvalue weighted by Gasteiger charge is 2.23. The van der Waals surface area contributed by atoms with Crippen molar-refractivity contribution in [2.75, 3.05) is 32.5 Å². The summed E-state index contributed by atoms with van der Waals surface area (Å²) in [6, 6.07) is 7.52. The second kappa shape index (κ2) is 7.28. The first kappa shape index (κ1) is 15.6. The van der Waals surface area contributed by atoms with Crippen molar-refractivity contribution < 1.29 is 14.6 Å². The van der Waals surface area contributed by atoms with Gasteiger partial charge in [-0.3, -0.25) is 9.69 Å². The molecule has 1 fully saturated rings. The number of ether oxygens (including phenoxy) is 1. The summed E-state index contributed by atoms with van der Waals surface area (Å²) in [4.78, 5) is 13.4. The fourth-order valence-electron chi connectivity index (χ4n) is 2.02. The summed E-state index contributed by atoms with van der Waals surface area (Å²) >= 11 is 0. The Morgan fingerprint density at radius 3 is 2.90 bits per heavy atom. The normalized spacial score (nSPS) is 15.8. The number of para-hydroxylation sites is 2. The minimum absolute atomic E-state index is 0.000391. The third kappa shape index (κ3) is 5.61. The van der Waals surface area contributed by atoms with Gasteiger partial charge in [0.1, 0.15) is 18.5 Å². The van der Waals surface area contributed by atoms with E-state index in [2.05, 4.69) is 5.32 Å². The third-order valence-electron chi connectivity index (χ3n) is 3.23. The Morgan fingerprint density at radius 2 is 2.24 bits per heavy atom. The van der Waals surface area contributed by atoms with Gasteiger partial charge in [-0.1, -0.05) is 12.1 Å². The van der Waals surface area contributed by atoms with Crippen LogP contribution < -0.4 is 15.8 Å². The number of nitrogen functional groups attached to an aromatic ring is 1. The highest BCUT2D eigenvalue weighted by atomic mass is 16.5. The number of benzene rings is 1. The van der Waals surface area contributed by atoms with Crippen LogP contribution in [-0.2, 0) is 4.79 Å². The summed E-state index contributed by atoms with van der Waals surface area (Å²) in [6.45, 7) is 0.786. The minimum atomic E-state index is -0.677. The highest BCUT2D eigenvalue weighted by Crippen LogP contribution is 2.20. The van der Waals surface area contributed by atoms with Gasteiger partial charge in [0, 0.05) is 12.6 Å². The van der Waals surface area contributed by atoms with Crippen molar-refractivity contribution in [2.45, 2.75) is 25.0 Å². The van der Waals surface area contributed by atoms with Crippen LogP contribution in [0.3, 0.4) is 0 Å². The van der Waals surface area contributed by atoms with Crippen molar-refractivity contribution in [3.63, 3.8) is 0 Å². The van der Waals surface area contributed by atoms with E-state index in [0.29, 0.717) is 24.0 Å². The Bertz CT molecular complexity index is 477. The lowest BCUT2D eigenvalue weighted by Crippen LogP contribution is -2.40. The first-order chi connectivity index (χ1) is 10.0. The van der Waals surface area contributed by atoms with Crippen LogP contribution in [0.25, 0.3) is 0 Å². The monoisotopic (exact) mass is 293 g/mol. The number of aliphatic hydroxyl groups excluding tert-OH is 1. The van der Waals surface area contributed by atoms with Crippen LogP contribution in [0.5, 0.6) is 5.75 Å². The van der Waals surface area contributed by atoms with E-state index in [1.165, 1.54) is 0 Å². The standard InChI is InChI=1S/C15H23N3O3/c1-18(9-15(20)17-11-6-7-11)8-12(19)10-21-14-5-3-2-4-13(14)16/h2-5,11-12,19H,6-10,16H2,1H3,(H,17,20). The van der Waals surface area contributed by atoms with Gasteiger partial charge in [-0.15, -0.1) is 0 Å². The van der Waals surface area contributed by atoms with Gasteiger partial charge in [0.2, 0.25) is 5.91 Å². The number of nitrogens with two attached hydrogens (primary N) is 1. The second-order valence-electron chi connectivity index (χ2n) is 5.54. The van der Waals surface area contributed by atoms with E-state index in [9.17, 15) is 9.90 Å². The predicted octanol–water partition coefficient (Wildman–Crippen LogP) is 0.219. The first-order valence-electron chi connectivity index (χ1n) is 7.18. The molecule has 1 aromatic carbocycles. The van der Waals surface area contributed by atoms with E-state index in [1.54, 1.807) is 24.1 Å². The van der Waals surface area contributed by atoms with Gasteiger partial charge < -0.3 is 20.9 Å². The molecule has 1 amide bonds. The molecule has 21 heavy (non-hydrogen) atoms. The fourth-order valence-corrected chi connectivity index (χ4v) is 2.02. The van der Waals surface area contributed by atoms with Crippen molar-refractivity contribution in [1.82, 2.24) is 10.2 Å². The van der Waals surface area contributed by atoms with Crippen molar-refractivity contribution in [3.05, 3.63) is 24.3 Å². The minimum Gasteiger partial charge on any atom is -0.489 e. The molecule has 0 heterocycles. The average molecular weight is 293 g/mol. The summed E-state index contributed by atoms with van der Waals surface area (Å²) < 4.78 is 5.48. The summed E-state index contributed by atoms with van der Waals surface area (Å²) in [6.07, 6.45) is 1.47.